The van der Waals surface area contributed by atoms with Crippen molar-refractivity contribution < 1.29 is 28.6 Å². The minimum atomic E-state index is -0.589. The lowest BCUT2D eigenvalue weighted by Gasteiger charge is -2.38. The van der Waals surface area contributed by atoms with Gasteiger partial charge in [0.2, 0.25) is 5.91 Å². The van der Waals surface area contributed by atoms with Crippen molar-refractivity contribution in [3.8, 4) is 11.1 Å². The van der Waals surface area contributed by atoms with Gasteiger partial charge in [-0.05, 0) is 93.2 Å². The number of nitrogens with zero attached hydrogens (tertiary/aromatic N) is 4. The molecule has 2 atom stereocenters. The summed E-state index contributed by atoms with van der Waals surface area (Å²) in [4.78, 5) is 49.6. The highest BCUT2D eigenvalue weighted by Gasteiger charge is 2.36. The van der Waals surface area contributed by atoms with Gasteiger partial charge in [-0.25, -0.2) is 14.6 Å². The van der Waals surface area contributed by atoms with Gasteiger partial charge in [0.15, 0.2) is 0 Å². The number of hydrogen-bond donors (Lipinski definition) is 1. The zero-order chi connectivity index (χ0) is 38.5. The molecule has 292 valence electrons. The number of likely N-dealkylation sites (tertiary alicyclic amines) is 2. The van der Waals surface area contributed by atoms with Crippen LogP contribution >= 0.6 is 0 Å². The second-order valence-electron chi connectivity index (χ2n) is 16.2. The Labute approximate surface area is 324 Å². The monoisotopic (exact) mass is 749 g/mol. The molecule has 11 heteroatoms. The van der Waals surface area contributed by atoms with Gasteiger partial charge in [0.25, 0.3) is 0 Å². The minimum Gasteiger partial charge on any atom is -0.449 e. The lowest BCUT2D eigenvalue weighted by Crippen LogP contribution is -2.50. The molecule has 11 nitrogen and oxygen atoms in total. The predicted octanol–water partition coefficient (Wildman–Crippen LogP) is 7.72. The second kappa shape index (κ2) is 16.9. The number of carbonyl (C=O) groups excluding carboxylic acids is 3. The van der Waals surface area contributed by atoms with Crippen LogP contribution in [0.3, 0.4) is 0 Å². The summed E-state index contributed by atoms with van der Waals surface area (Å²) < 4.78 is 19.3. The predicted molar refractivity (Wildman–Crippen MR) is 212 cm³/mol. The maximum Gasteiger partial charge on any atom is 0.410 e. The Kier molecular flexibility index (Phi) is 11.8. The number of rotatable bonds is 11. The Morgan fingerprint density at radius 2 is 1.55 bits per heavy atom. The zero-order valence-corrected chi connectivity index (χ0v) is 32.7. The van der Waals surface area contributed by atoms with Crippen molar-refractivity contribution in [2.45, 2.75) is 89.3 Å². The molecular weight excluding hydrogens is 695 g/mol. The number of carbonyl (C=O) groups is 3. The number of fused-ring (bicyclic) bond motifs is 4. The number of methoxy groups -OCH3 is 1. The fourth-order valence-electron chi connectivity index (χ4n) is 8.68. The first-order valence-electron chi connectivity index (χ1n) is 19.9. The number of amides is 3. The molecule has 7 rings (SSSR count). The molecule has 4 aromatic rings. The van der Waals surface area contributed by atoms with Crippen LogP contribution in [0.1, 0.15) is 88.1 Å². The van der Waals surface area contributed by atoms with Gasteiger partial charge in [0.1, 0.15) is 18.0 Å². The molecule has 1 aliphatic carbocycles. The van der Waals surface area contributed by atoms with Crippen molar-refractivity contribution in [1.82, 2.24) is 24.7 Å². The molecule has 3 heterocycles. The first-order chi connectivity index (χ1) is 26.6. The Morgan fingerprint density at radius 3 is 2.24 bits per heavy atom. The van der Waals surface area contributed by atoms with Gasteiger partial charge in [-0.3, -0.25) is 4.79 Å². The SMILES string of the molecule is COCCCn1c(C2CCCN(C(=O)CC(NC(=O)OCC3c4ccccc4-c4ccccc43)C3CCN(C(=O)OC(C)(C)C)CC3)C2)nc2ccccc21. The van der Waals surface area contributed by atoms with Crippen molar-refractivity contribution in [2.75, 3.05) is 46.5 Å². The largest absolute Gasteiger partial charge is 0.449 e. The zero-order valence-electron chi connectivity index (χ0n) is 32.7. The third-order valence-corrected chi connectivity index (χ3v) is 11.4. The standard InChI is InChI=1S/C44H55N5O6/c1-44(2,3)55-43(52)47-24-20-30(21-25-47)38(46-42(51)54-29-36-34-16-7-5-14-32(34)33-15-6-8-17-35(33)36)27-40(50)48-22-11-13-31(28-48)41-45-37-18-9-10-19-39(37)49(41)23-12-26-53-4/h5-10,14-19,30-31,36,38H,11-13,20-29H2,1-4H3,(H,46,51). The van der Waals surface area contributed by atoms with E-state index in [9.17, 15) is 14.4 Å². The molecule has 1 aromatic heterocycles. The maximum absolute atomic E-state index is 14.3. The van der Waals surface area contributed by atoms with Gasteiger partial charge in [0.05, 0.1) is 11.0 Å². The van der Waals surface area contributed by atoms with Gasteiger partial charge in [-0.15, -0.1) is 0 Å². The Bertz CT molecular complexity index is 1930. The van der Waals surface area contributed by atoms with Crippen molar-refractivity contribution in [3.05, 3.63) is 89.7 Å². The van der Waals surface area contributed by atoms with Crippen LogP contribution in [-0.4, -0.2) is 95.6 Å². The summed E-state index contributed by atoms with van der Waals surface area (Å²) in [7, 11) is 1.72. The highest BCUT2D eigenvalue weighted by atomic mass is 16.6. The number of aromatic nitrogens is 2. The number of imidazole rings is 1. The summed E-state index contributed by atoms with van der Waals surface area (Å²) in [6.07, 6.45) is 3.24. The summed E-state index contributed by atoms with van der Waals surface area (Å²) in [6, 6.07) is 24.3. The van der Waals surface area contributed by atoms with E-state index in [4.69, 9.17) is 19.2 Å². The highest BCUT2D eigenvalue weighted by molar-refractivity contribution is 5.80. The number of hydrogen-bond acceptors (Lipinski definition) is 7. The second-order valence-corrected chi connectivity index (χ2v) is 16.2. The van der Waals surface area contributed by atoms with Crippen LogP contribution in [0.25, 0.3) is 22.2 Å². The number of nitrogens with one attached hydrogen (secondary N) is 1. The van der Waals surface area contributed by atoms with E-state index >= 15 is 0 Å². The molecule has 2 unspecified atom stereocenters. The first kappa shape index (κ1) is 38.4. The summed E-state index contributed by atoms with van der Waals surface area (Å²) in [5.74, 6) is 1.02. The lowest BCUT2D eigenvalue weighted by molar-refractivity contribution is -0.133. The van der Waals surface area contributed by atoms with E-state index in [1.54, 1.807) is 12.0 Å². The molecule has 3 aromatic carbocycles. The molecule has 1 N–H and O–H groups in total. The number of piperidine rings is 2. The summed E-state index contributed by atoms with van der Waals surface area (Å²) in [6.45, 7) is 9.44. The quantitative estimate of drug-likeness (QED) is 0.156. The molecule has 2 saturated heterocycles. The Balaban J connectivity index is 1.05. The smallest absolute Gasteiger partial charge is 0.410 e. The van der Waals surface area contributed by atoms with Crippen LogP contribution in [-0.2, 0) is 25.5 Å². The number of ether oxygens (including phenoxy) is 3. The Morgan fingerprint density at radius 1 is 0.873 bits per heavy atom. The van der Waals surface area contributed by atoms with E-state index in [0.29, 0.717) is 45.6 Å². The van der Waals surface area contributed by atoms with Crippen LogP contribution in [0.15, 0.2) is 72.8 Å². The molecule has 0 radical (unpaired) electrons. The summed E-state index contributed by atoms with van der Waals surface area (Å²) in [5, 5.41) is 3.14. The number of benzene rings is 3. The van der Waals surface area contributed by atoms with E-state index in [0.717, 1.165) is 64.9 Å². The van der Waals surface area contributed by atoms with Gasteiger partial charge < -0.3 is 33.9 Å². The average Bonchev–Trinajstić information content (AvgIpc) is 3.72. The van der Waals surface area contributed by atoms with E-state index in [1.165, 1.54) is 0 Å². The molecule has 0 saturated carbocycles. The van der Waals surface area contributed by atoms with Gasteiger partial charge in [0, 0.05) is 70.7 Å². The number of alkyl carbamates (subject to hydrolysis) is 1. The minimum absolute atomic E-state index is 0.00487. The van der Waals surface area contributed by atoms with E-state index < -0.39 is 17.7 Å². The van der Waals surface area contributed by atoms with Crippen LogP contribution in [0.5, 0.6) is 0 Å². The number of aryl methyl sites for hydroxylation is 1. The fraction of sp³-hybridized carbons (Fsp3) is 0.500. The van der Waals surface area contributed by atoms with Crippen LogP contribution in [0.4, 0.5) is 9.59 Å². The van der Waals surface area contributed by atoms with E-state index in [2.05, 4.69) is 40.2 Å². The molecule has 3 amide bonds. The molecule has 2 fully saturated rings. The van der Waals surface area contributed by atoms with Crippen molar-refractivity contribution in [1.29, 1.82) is 0 Å². The topological polar surface area (TPSA) is 115 Å². The molecule has 3 aliphatic rings. The first-order valence-corrected chi connectivity index (χ1v) is 19.9. The van der Waals surface area contributed by atoms with Gasteiger partial charge in [-0.1, -0.05) is 60.7 Å². The third-order valence-electron chi connectivity index (χ3n) is 11.4. The average molecular weight is 750 g/mol. The maximum atomic E-state index is 14.3. The van der Waals surface area contributed by atoms with Crippen molar-refractivity contribution in [3.63, 3.8) is 0 Å². The lowest BCUT2D eigenvalue weighted by atomic mass is 9.87. The normalized spacial score (nSPS) is 18.1. The molecule has 2 aliphatic heterocycles. The fourth-order valence-corrected chi connectivity index (χ4v) is 8.68. The molecule has 0 bridgehead atoms. The third kappa shape index (κ3) is 8.82. The summed E-state index contributed by atoms with van der Waals surface area (Å²) >= 11 is 0. The van der Waals surface area contributed by atoms with Crippen LogP contribution < -0.4 is 5.32 Å². The summed E-state index contributed by atoms with van der Waals surface area (Å²) in [5.41, 5.74) is 6.09. The van der Waals surface area contributed by atoms with Gasteiger partial charge in [-0.2, -0.15) is 0 Å². The van der Waals surface area contributed by atoms with Crippen molar-refractivity contribution >= 4 is 29.1 Å². The van der Waals surface area contributed by atoms with Crippen LogP contribution in [0.2, 0.25) is 0 Å². The molecule has 55 heavy (non-hydrogen) atoms. The van der Waals surface area contributed by atoms with E-state index in [1.807, 2.05) is 68.1 Å². The van der Waals surface area contributed by atoms with Gasteiger partial charge >= 0.3 is 12.2 Å². The van der Waals surface area contributed by atoms with Crippen LogP contribution in [0, 0.1) is 5.92 Å². The van der Waals surface area contributed by atoms with E-state index in [-0.39, 0.29) is 42.8 Å². The highest BCUT2D eigenvalue weighted by Crippen LogP contribution is 2.44. The van der Waals surface area contributed by atoms with Crippen molar-refractivity contribution in [2.24, 2.45) is 5.92 Å². The molecule has 0 spiro atoms. The number of para-hydroxylation sites is 2. The Hall–Kier alpha value is -4.90. The molecular formula is C44H55N5O6.